The van der Waals surface area contributed by atoms with E-state index in [1.165, 1.54) is 0 Å². The summed E-state index contributed by atoms with van der Waals surface area (Å²) in [6.45, 7) is 6.60. The van der Waals surface area contributed by atoms with Crippen molar-refractivity contribution in [3.05, 3.63) is 11.4 Å². The van der Waals surface area contributed by atoms with Gasteiger partial charge in [-0.05, 0) is 32.9 Å². The molecular formula is C10H15N3O4. The summed E-state index contributed by atoms with van der Waals surface area (Å²) in [6.07, 6.45) is -0.653. The fourth-order valence-corrected chi connectivity index (χ4v) is 1.03. The highest BCUT2D eigenvalue weighted by Crippen LogP contribution is 2.06. The van der Waals surface area contributed by atoms with Gasteiger partial charge in [0.15, 0.2) is 5.69 Å². The lowest BCUT2D eigenvalue weighted by Crippen LogP contribution is -2.35. The molecule has 1 amide bonds. The van der Waals surface area contributed by atoms with Crippen LogP contribution in [0.5, 0.6) is 0 Å². The van der Waals surface area contributed by atoms with E-state index in [2.05, 4.69) is 20.3 Å². The van der Waals surface area contributed by atoms with Crippen LogP contribution >= 0.6 is 0 Å². The number of carbonyl (C=O) groups is 2. The van der Waals surface area contributed by atoms with Crippen LogP contribution in [0.15, 0.2) is 4.63 Å². The van der Waals surface area contributed by atoms with Crippen molar-refractivity contribution in [1.82, 2.24) is 15.6 Å². The number of nitrogens with zero attached hydrogens (tertiary/aromatic N) is 2. The zero-order valence-electron chi connectivity index (χ0n) is 10.2. The summed E-state index contributed by atoms with van der Waals surface area (Å²) < 4.78 is 9.36. The van der Waals surface area contributed by atoms with E-state index in [4.69, 9.17) is 4.74 Å². The SMILES string of the molecule is Cc1nonc1C(=O)CNC(=O)OC(C)(C)C. The Hall–Kier alpha value is -1.92. The number of hydrogen-bond acceptors (Lipinski definition) is 6. The summed E-state index contributed by atoms with van der Waals surface area (Å²) in [6, 6.07) is 0. The molecule has 0 aliphatic heterocycles. The normalized spacial score (nSPS) is 11.1. The minimum absolute atomic E-state index is 0.112. The molecule has 0 saturated carbocycles. The first kappa shape index (κ1) is 13.1. The first-order valence-electron chi connectivity index (χ1n) is 5.09. The molecule has 1 heterocycles. The topological polar surface area (TPSA) is 94.3 Å². The van der Waals surface area contributed by atoms with Gasteiger partial charge in [-0.25, -0.2) is 9.42 Å². The van der Waals surface area contributed by atoms with Crippen LogP contribution in [0, 0.1) is 6.92 Å². The van der Waals surface area contributed by atoms with Gasteiger partial charge >= 0.3 is 6.09 Å². The van der Waals surface area contributed by atoms with Gasteiger partial charge in [0.05, 0.1) is 6.54 Å². The third-order valence-corrected chi connectivity index (χ3v) is 1.71. The lowest BCUT2D eigenvalue weighted by molar-refractivity contribution is 0.0520. The number of ketones is 1. The third-order valence-electron chi connectivity index (χ3n) is 1.71. The Kier molecular flexibility index (Phi) is 3.82. The van der Waals surface area contributed by atoms with E-state index in [-0.39, 0.29) is 18.0 Å². The zero-order valence-corrected chi connectivity index (χ0v) is 10.2. The van der Waals surface area contributed by atoms with Crippen LogP contribution in [0.2, 0.25) is 0 Å². The Morgan fingerprint density at radius 1 is 1.35 bits per heavy atom. The standard InChI is InChI=1S/C10H15N3O4/c1-6-8(13-17-12-6)7(14)5-11-9(15)16-10(2,3)4/h5H2,1-4H3,(H,11,15). The summed E-state index contributed by atoms with van der Waals surface area (Å²) in [4.78, 5) is 22.8. The van der Waals surface area contributed by atoms with Crippen LogP contribution in [-0.4, -0.2) is 34.3 Å². The number of aryl methyl sites for hydroxylation is 1. The maximum absolute atomic E-state index is 11.6. The molecule has 0 saturated heterocycles. The molecule has 1 aromatic heterocycles. The van der Waals surface area contributed by atoms with Gasteiger partial charge in [0.2, 0.25) is 5.78 Å². The van der Waals surface area contributed by atoms with E-state index in [0.29, 0.717) is 5.69 Å². The molecule has 7 nitrogen and oxygen atoms in total. The molecular weight excluding hydrogens is 226 g/mol. The molecule has 1 aromatic rings. The van der Waals surface area contributed by atoms with Crippen LogP contribution < -0.4 is 5.32 Å². The fourth-order valence-electron chi connectivity index (χ4n) is 1.03. The predicted molar refractivity (Wildman–Crippen MR) is 57.6 cm³/mol. The van der Waals surface area contributed by atoms with Gasteiger partial charge in [0, 0.05) is 0 Å². The molecule has 0 unspecified atom stereocenters. The lowest BCUT2D eigenvalue weighted by Gasteiger charge is -2.19. The van der Waals surface area contributed by atoms with Crippen molar-refractivity contribution in [1.29, 1.82) is 0 Å². The van der Waals surface area contributed by atoms with Crippen molar-refractivity contribution < 1.29 is 19.0 Å². The summed E-state index contributed by atoms with van der Waals surface area (Å²) in [5.74, 6) is -0.380. The van der Waals surface area contributed by atoms with Crippen molar-refractivity contribution >= 4 is 11.9 Å². The molecule has 0 aliphatic rings. The van der Waals surface area contributed by atoms with Gasteiger partial charge in [-0.2, -0.15) is 0 Å². The van der Waals surface area contributed by atoms with Gasteiger partial charge in [0.1, 0.15) is 11.3 Å². The second-order valence-electron chi connectivity index (χ2n) is 4.48. The van der Waals surface area contributed by atoms with Crippen molar-refractivity contribution in [2.24, 2.45) is 0 Å². The molecule has 7 heteroatoms. The first-order chi connectivity index (χ1) is 7.79. The Bertz CT molecular complexity index is 419. The number of hydrogen-bond donors (Lipinski definition) is 1. The highest BCUT2D eigenvalue weighted by Gasteiger charge is 2.19. The number of nitrogens with one attached hydrogen (secondary N) is 1. The van der Waals surface area contributed by atoms with Gasteiger partial charge in [-0.15, -0.1) is 0 Å². The molecule has 0 bridgehead atoms. The Morgan fingerprint density at radius 3 is 2.47 bits per heavy atom. The average molecular weight is 241 g/mol. The van der Waals surface area contributed by atoms with Crippen LogP contribution in [0.3, 0.4) is 0 Å². The number of carbonyl (C=O) groups excluding carboxylic acids is 2. The monoisotopic (exact) mass is 241 g/mol. The minimum atomic E-state index is -0.653. The average Bonchev–Trinajstić information content (AvgIpc) is 2.58. The molecule has 0 radical (unpaired) electrons. The first-order valence-corrected chi connectivity index (χ1v) is 5.09. The molecule has 0 fully saturated rings. The number of aromatic nitrogens is 2. The minimum Gasteiger partial charge on any atom is -0.444 e. The number of Topliss-reactive ketones (excluding diaryl/α,β-unsaturated/α-hetero) is 1. The van der Waals surface area contributed by atoms with E-state index in [9.17, 15) is 9.59 Å². The van der Waals surface area contributed by atoms with E-state index in [1.807, 2.05) is 0 Å². The second kappa shape index (κ2) is 4.94. The molecule has 94 valence electrons. The van der Waals surface area contributed by atoms with E-state index in [1.54, 1.807) is 27.7 Å². The molecule has 1 N–H and O–H groups in total. The van der Waals surface area contributed by atoms with Crippen molar-refractivity contribution in [3.8, 4) is 0 Å². The van der Waals surface area contributed by atoms with Crippen LogP contribution in [0.1, 0.15) is 37.0 Å². The highest BCUT2D eigenvalue weighted by molar-refractivity contribution is 5.97. The van der Waals surface area contributed by atoms with Crippen molar-refractivity contribution in [2.75, 3.05) is 6.54 Å². The van der Waals surface area contributed by atoms with Gasteiger partial charge < -0.3 is 10.1 Å². The quantitative estimate of drug-likeness (QED) is 0.796. The van der Waals surface area contributed by atoms with Gasteiger partial charge in [0.25, 0.3) is 0 Å². The number of rotatable bonds is 3. The van der Waals surface area contributed by atoms with E-state index < -0.39 is 11.7 Å². The molecule has 0 atom stereocenters. The number of ether oxygens (including phenoxy) is 1. The van der Waals surface area contributed by atoms with Crippen molar-refractivity contribution in [3.63, 3.8) is 0 Å². The Morgan fingerprint density at radius 2 is 2.00 bits per heavy atom. The number of amides is 1. The maximum atomic E-state index is 11.6. The molecule has 17 heavy (non-hydrogen) atoms. The summed E-state index contributed by atoms with van der Waals surface area (Å²) in [7, 11) is 0. The van der Waals surface area contributed by atoms with Gasteiger partial charge in [-0.1, -0.05) is 5.16 Å². The Balaban J connectivity index is 2.45. The van der Waals surface area contributed by atoms with Crippen LogP contribution in [0.4, 0.5) is 4.79 Å². The second-order valence-corrected chi connectivity index (χ2v) is 4.48. The largest absolute Gasteiger partial charge is 0.444 e. The summed E-state index contributed by atoms with van der Waals surface area (Å²) >= 11 is 0. The van der Waals surface area contributed by atoms with Crippen LogP contribution in [0.25, 0.3) is 0 Å². The van der Waals surface area contributed by atoms with E-state index >= 15 is 0 Å². The zero-order chi connectivity index (χ0) is 13.1. The predicted octanol–water partition coefficient (Wildman–Crippen LogP) is 1.09. The molecule has 0 spiro atoms. The van der Waals surface area contributed by atoms with E-state index in [0.717, 1.165) is 0 Å². The van der Waals surface area contributed by atoms with Crippen LogP contribution in [-0.2, 0) is 4.74 Å². The molecule has 0 aliphatic carbocycles. The van der Waals surface area contributed by atoms with Crippen molar-refractivity contribution in [2.45, 2.75) is 33.3 Å². The summed E-state index contributed by atoms with van der Waals surface area (Å²) in [5, 5.41) is 9.25. The molecule has 0 aromatic carbocycles. The van der Waals surface area contributed by atoms with Gasteiger partial charge in [-0.3, -0.25) is 4.79 Å². The maximum Gasteiger partial charge on any atom is 0.408 e. The lowest BCUT2D eigenvalue weighted by atomic mass is 10.2. The number of alkyl carbamates (subject to hydrolysis) is 1. The Labute approximate surface area is 98.5 Å². The highest BCUT2D eigenvalue weighted by atomic mass is 16.6. The smallest absolute Gasteiger partial charge is 0.408 e. The third kappa shape index (κ3) is 4.21. The summed E-state index contributed by atoms with van der Waals surface area (Å²) in [5.41, 5.74) is -0.0968. The molecule has 1 rings (SSSR count). The fraction of sp³-hybridized carbons (Fsp3) is 0.600.